The number of hydrogen-bond acceptors (Lipinski definition) is 4. The van der Waals surface area contributed by atoms with E-state index in [0.29, 0.717) is 0 Å². The van der Waals surface area contributed by atoms with E-state index in [0.717, 1.165) is 55.8 Å². The number of allylic oxidation sites excluding steroid dienone is 4. The molecule has 0 fully saturated rings. The number of nitrogens with two attached hydrogens (primary N) is 1. The monoisotopic (exact) mass is 680 g/mol. The fourth-order valence-corrected chi connectivity index (χ4v) is 6.69. The summed E-state index contributed by atoms with van der Waals surface area (Å²) in [5.41, 5.74) is 17.5. The van der Waals surface area contributed by atoms with Crippen molar-refractivity contribution in [3.63, 3.8) is 0 Å². The van der Waals surface area contributed by atoms with E-state index in [1.807, 2.05) is 42.5 Å². The van der Waals surface area contributed by atoms with Crippen molar-refractivity contribution < 1.29 is 0 Å². The standard InChI is InChI=1S/C38H26N2.C11H10N2/c39-37-24-35(29-11-9-27(10-12-29)33-19-15-25-5-1-3-7-31(25)21-33)23-36(38(37)40)30-17-13-28(14-18-30)34-20-16-26-6-2-4-8-32(26)22-34;12-11-3-1-9(2-4-11)10-5-7-13-8-6-10/h1-24,39-40H;1-8H,12H2. The van der Waals surface area contributed by atoms with Crippen LogP contribution in [0.1, 0.15) is 11.1 Å². The van der Waals surface area contributed by atoms with Gasteiger partial charge in [-0.3, -0.25) is 15.8 Å². The highest BCUT2D eigenvalue weighted by Gasteiger charge is 2.19. The molecule has 4 heteroatoms. The predicted octanol–water partition coefficient (Wildman–Crippen LogP) is 12.2. The van der Waals surface area contributed by atoms with Crippen LogP contribution in [-0.2, 0) is 0 Å². The molecule has 9 rings (SSSR count). The summed E-state index contributed by atoms with van der Waals surface area (Å²) >= 11 is 0. The van der Waals surface area contributed by atoms with Crippen molar-refractivity contribution in [2.45, 2.75) is 0 Å². The van der Waals surface area contributed by atoms with Gasteiger partial charge in [-0.1, -0.05) is 133 Å². The van der Waals surface area contributed by atoms with Crippen molar-refractivity contribution in [1.29, 1.82) is 10.8 Å². The van der Waals surface area contributed by atoms with Gasteiger partial charge in [0.25, 0.3) is 0 Å². The lowest BCUT2D eigenvalue weighted by Gasteiger charge is -2.17. The smallest absolute Gasteiger partial charge is 0.0867 e. The zero-order valence-corrected chi connectivity index (χ0v) is 29.0. The number of fused-ring (bicyclic) bond motifs is 2. The van der Waals surface area contributed by atoms with Crippen molar-refractivity contribution in [2.75, 3.05) is 5.73 Å². The fraction of sp³-hybridized carbons (Fsp3) is 0. The number of nitrogens with one attached hydrogen (secondary N) is 2. The van der Waals surface area contributed by atoms with Crippen molar-refractivity contribution in [1.82, 2.24) is 4.98 Å². The molecule has 1 heterocycles. The molecular formula is C49H36N4. The van der Waals surface area contributed by atoms with Crippen molar-refractivity contribution in [2.24, 2.45) is 0 Å². The van der Waals surface area contributed by atoms with Gasteiger partial charge in [0.05, 0.1) is 11.4 Å². The van der Waals surface area contributed by atoms with Crippen molar-refractivity contribution >= 4 is 49.8 Å². The number of nitrogens with zero attached hydrogens (tertiary/aromatic N) is 1. The first kappa shape index (κ1) is 33.0. The molecule has 0 amide bonds. The first-order valence-electron chi connectivity index (χ1n) is 17.5. The summed E-state index contributed by atoms with van der Waals surface area (Å²) in [4.78, 5) is 3.96. The zero-order valence-electron chi connectivity index (χ0n) is 29.0. The molecule has 0 saturated carbocycles. The van der Waals surface area contributed by atoms with Gasteiger partial charge >= 0.3 is 0 Å². The molecule has 0 unspecified atom stereocenters. The number of anilines is 1. The predicted molar refractivity (Wildman–Crippen MR) is 224 cm³/mol. The minimum Gasteiger partial charge on any atom is -0.399 e. The van der Waals surface area contributed by atoms with Crippen LogP contribution in [0.15, 0.2) is 194 Å². The lowest BCUT2D eigenvalue weighted by molar-refractivity contribution is 1.33. The summed E-state index contributed by atoms with van der Waals surface area (Å²) in [5, 5.41) is 22.1. The highest BCUT2D eigenvalue weighted by atomic mass is 14.6. The molecule has 0 bridgehead atoms. The molecule has 0 saturated heterocycles. The maximum Gasteiger partial charge on any atom is 0.0867 e. The van der Waals surface area contributed by atoms with Gasteiger partial charge in [-0.25, -0.2) is 0 Å². The Kier molecular flexibility index (Phi) is 9.08. The molecule has 0 spiro atoms. The van der Waals surface area contributed by atoms with Gasteiger partial charge in [-0.2, -0.15) is 0 Å². The molecule has 4 nitrogen and oxygen atoms in total. The molecule has 4 N–H and O–H groups in total. The van der Waals surface area contributed by atoms with E-state index < -0.39 is 0 Å². The molecule has 0 atom stereocenters. The highest BCUT2D eigenvalue weighted by molar-refractivity contribution is 6.61. The summed E-state index contributed by atoms with van der Waals surface area (Å²) in [6.07, 6.45) is 7.40. The van der Waals surface area contributed by atoms with Crippen LogP contribution < -0.4 is 5.73 Å². The minimum absolute atomic E-state index is 0.227. The van der Waals surface area contributed by atoms with Crippen LogP contribution in [0.2, 0.25) is 0 Å². The van der Waals surface area contributed by atoms with E-state index in [1.165, 1.54) is 27.1 Å². The van der Waals surface area contributed by atoms with Gasteiger partial charge in [0.1, 0.15) is 0 Å². The Labute approximate surface area is 309 Å². The summed E-state index contributed by atoms with van der Waals surface area (Å²) in [5.74, 6) is 0. The minimum atomic E-state index is 0.227. The molecule has 1 aliphatic carbocycles. The quantitative estimate of drug-likeness (QED) is 0.125. The Morgan fingerprint density at radius 2 is 0.792 bits per heavy atom. The number of aromatic nitrogens is 1. The first-order valence-corrected chi connectivity index (χ1v) is 17.5. The van der Waals surface area contributed by atoms with E-state index in [9.17, 15) is 0 Å². The molecule has 0 aliphatic heterocycles. The van der Waals surface area contributed by atoms with Gasteiger partial charge in [-0.05, 0) is 120 Å². The second kappa shape index (κ2) is 14.6. The second-order valence-electron chi connectivity index (χ2n) is 13.1. The molecule has 53 heavy (non-hydrogen) atoms. The maximum atomic E-state index is 8.62. The van der Waals surface area contributed by atoms with Crippen LogP contribution in [0.25, 0.3) is 66.1 Å². The van der Waals surface area contributed by atoms with E-state index in [1.54, 1.807) is 18.5 Å². The Bertz CT molecular complexity index is 2670. The average molecular weight is 681 g/mol. The van der Waals surface area contributed by atoms with Gasteiger partial charge in [0, 0.05) is 23.7 Å². The normalized spacial score (nSPS) is 12.5. The first-order chi connectivity index (χ1) is 26.0. The Morgan fingerprint density at radius 3 is 1.34 bits per heavy atom. The second-order valence-corrected chi connectivity index (χ2v) is 13.1. The van der Waals surface area contributed by atoms with E-state index >= 15 is 0 Å². The summed E-state index contributed by atoms with van der Waals surface area (Å²) in [7, 11) is 0. The lowest BCUT2D eigenvalue weighted by atomic mass is 9.87. The van der Waals surface area contributed by atoms with E-state index in [-0.39, 0.29) is 11.4 Å². The van der Waals surface area contributed by atoms with Crippen LogP contribution >= 0.6 is 0 Å². The molecular weight excluding hydrogens is 645 g/mol. The third-order valence-corrected chi connectivity index (χ3v) is 9.64. The van der Waals surface area contributed by atoms with Crippen molar-refractivity contribution in [3.05, 3.63) is 206 Å². The largest absolute Gasteiger partial charge is 0.399 e. The number of rotatable bonds is 5. The van der Waals surface area contributed by atoms with E-state index in [2.05, 4.69) is 138 Å². The third-order valence-electron chi connectivity index (χ3n) is 9.64. The highest BCUT2D eigenvalue weighted by Crippen LogP contribution is 2.32. The van der Waals surface area contributed by atoms with Crippen LogP contribution in [0.3, 0.4) is 0 Å². The Hall–Kier alpha value is -7.17. The van der Waals surface area contributed by atoms with Crippen LogP contribution in [0.5, 0.6) is 0 Å². The van der Waals surface area contributed by atoms with E-state index in [4.69, 9.17) is 16.6 Å². The topological polar surface area (TPSA) is 86.6 Å². The molecule has 252 valence electrons. The molecule has 1 aromatic heterocycles. The molecule has 7 aromatic carbocycles. The third kappa shape index (κ3) is 7.21. The fourth-order valence-electron chi connectivity index (χ4n) is 6.69. The number of hydrogen-bond donors (Lipinski definition) is 3. The van der Waals surface area contributed by atoms with Crippen LogP contribution in [0.4, 0.5) is 5.69 Å². The van der Waals surface area contributed by atoms with Gasteiger partial charge in [0.15, 0.2) is 0 Å². The van der Waals surface area contributed by atoms with Gasteiger partial charge in [0.2, 0.25) is 0 Å². The average Bonchev–Trinajstić information content (AvgIpc) is 3.22. The van der Waals surface area contributed by atoms with Crippen LogP contribution in [0, 0.1) is 10.8 Å². The summed E-state index contributed by atoms with van der Waals surface area (Å²) in [6, 6.07) is 58.4. The zero-order chi connectivity index (χ0) is 36.1. The maximum absolute atomic E-state index is 8.62. The molecule has 8 aromatic rings. The summed E-state index contributed by atoms with van der Waals surface area (Å²) < 4.78 is 0. The molecule has 1 aliphatic rings. The molecule has 0 radical (unpaired) electrons. The number of benzene rings is 7. The van der Waals surface area contributed by atoms with Gasteiger partial charge in [-0.15, -0.1) is 0 Å². The lowest BCUT2D eigenvalue weighted by Crippen LogP contribution is -2.15. The summed E-state index contributed by atoms with van der Waals surface area (Å²) in [6.45, 7) is 0. The van der Waals surface area contributed by atoms with Crippen LogP contribution in [-0.4, -0.2) is 16.4 Å². The SMILES string of the molecule is N=C1C=C(c2ccc(-c3ccc4ccccc4c3)cc2)C=C(c2ccc(-c3ccc4ccccc4c3)cc2)C1=N.Nc1ccc(-c2ccncc2)cc1. The Morgan fingerprint density at radius 1 is 0.377 bits per heavy atom. The van der Waals surface area contributed by atoms with Gasteiger partial charge < -0.3 is 5.73 Å². The van der Waals surface area contributed by atoms with Crippen molar-refractivity contribution in [3.8, 4) is 33.4 Å². The number of nitrogen functional groups attached to an aromatic ring is 1. The Balaban J connectivity index is 0.000000259. The number of pyridine rings is 1.